The van der Waals surface area contributed by atoms with Crippen LogP contribution in [-0.4, -0.2) is 35.4 Å². The molecule has 2 aromatic rings. The lowest BCUT2D eigenvalue weighted by Crippen LogP contribution is -2.37. The summed E-state index contributed by atoms with van der Waals surface area (Å²) >= 11 is 3.26. The molecule has 31 heavy (non-hydrogen) atoms. The molecule has 1 atom stereocenters. The summed E-state index contributed by atoms with van der Waals surface area (Å²) in [5, 5.41) is 2.35. The van der Waals surface area contributed by atoms with Gasteiger partial charge in [-0.2, -0.15) is 13.2 Å². The fourth-order valence-corrected chi connectivity index (χ4v) is 3.10. The molecule has 0 radical (unpaired) electrons. The van der Waals surface area contributed by atoms with Gasteiger partial charge in [0.1, 0.15) is 17.5 Å². The number of pyridine rings is 1. The second kappa shape index (κ2) is 9.50. The summed E-state index contributed by atoms with van der Waals surface area (Å²) in [5.41, 5.74) is -1.51. The minimum absolute atomic E-state index is 0.0214. The number of benzene rings is 1. The molecule has 2 rings (SSSR count). The van der Waals surface area contributed by atoms with Gasteiger partial charge in [-0.15, -0.1) is 0 Å². The molecule has 10 heteroatoms. The summed E-state index contributed by atoms with van der Waals surface area (Å²) in [7, 11) is 0. The molecule has 1 amide bonds. The predicted molar refractivity (Wildman–Crippen MR) is 115 cm³/mol. The van der Waals surface area contributed by atoms with Gasteiger partial charge >= 0.3 is 12.3 Å². The monoisotopic (exact) mass is 506 g/mol. The van der Waals surface area contributed by atoms with E-state index in [9.17, 15) is 18.0 Å². The van der Waals surface area contributed by atoms with E-state index in [0.717, 1.165) is 6.07 Å². The summed E-state index contributed by atoms with van der Waals surface area (Å²) in [6.07, 6.45) is -6.29. The van der Waals surface area contributed by atoms with E-state index in [2.05, 4.69) is 26.2 Å². The van der Waals surface area contributed by atoms with Crippen molar-refractivity contribution in [2.75, 3.05) is 6.54 Å². The van der Waals surface area contributed by atoms with Crippen molar-refractivity contribution in [1.29, 1.82) is 0 Å². The van der Waals surface area contributed by atoms with Crippen LogP contribution in [0.4, 0.5) is 18.0 Å². The van der Waals surface area contributed by atoms with E-state index in [4.69, 9.17) is 14.2 Å². The lowest BCUT2D eigenvalue weighted by Gasteiger charge is -2.22. The molecule has 0 aliphatic rings. The van der Waals surface area contributed by atoms with Crippen molar-refractivity contribution in [2.24, 2.45) is 0 Å². The molecule has 1 N–H and O–H groups in total. The standard InChI is InChI=1S/C21H26BrF3N2O4/c1-11(2)29-16-9-13(21(23,24)25)17-15(27-16)8-7-14(22)18(17)30-12(3)10-26-19(28)31-20(4,5)6/h7-9,11-12H,10H2,1-6H3,(H,26,28). The number of hydrogen-bond donors (Lipinski definition) is 1. The molecule has 172 valence electrons. The molecule has 0 spiro atoms. The number of nitrogens with zero attached hydrogens (tertiary/aromatic N) is 1. The normalized spacial score (nSPS) is 13.3. The molecular weight excluding hydrogens is 481 g/mol. The quantitative estimate of drug-likeness (QED) is 0.512. The first kappa shape index (κ1) is 25.0. The Morgan fingerprint density at radius 2 is 1.81 bits per heavy atom. The van der Waals surface area contributed by atoms with Gasteiger partial charge in [-0.3, -0.25) is 0 Å². The van der Waals surface area contributed by atoms with Gasteiger partial charge in [-0.05, 0) is 69.6 Å². The molecule has 1 aromatic heterocycles. The second-order valence-electron chi connectivity index (χ2n) is 8.25. The van der Waals surface area contributed by atoms with Crippen LogP contribution in [0.2, 0.25) is 0 Å². The highest BCUT2D eigenvalue weighted by Crippen LogP contribution is 2.43. The fraction of sp³-hybridized carbons (Fsp3) is 0.524. The summed E-state index contributed by atoms with van der Waals surface area (Å²) in [6.45, 7) is 10.2. The molecule has 0 aliphatic heterocycles. The average molecular weight is 507 g/mol. The summed E-state index contributed by atoms with van der Waals surface area (Å²) < 4.78 is 58.3. The Labute approximate surface area is 187 Å². The third-order valence-electron chi connectivity index (χ3n) is 3.77. The van der Waals surface area contributed by atoms with E-state index < -0.39 is 29.5 Å². The predicted octanol–water partition coefficient (Wildman–Crippen LogP) is 6.10. The third-order valence-corrected chi connectivity index (χ3v) is 4.39. The van der Waals surface area contributed by atoms with Crippen molar-refractivity contribution in [3.05, 3.63) is 28.2 Å². The maximum absolute atomic E-state index is 13.9. The van der Waals surface area contributed by atoms with Gasteiger partial charge in [-0.25, -0.2) is 9.78 Å². The van der Waals surface area contributed by atoms with E-state index in [0.29, 0.717) is 4.47 Å². The first-order valence-corrected chi connectivity index (χ1v) is 10.5. The van der Waals surface area contributed by atoms with Gasteiger partial charge in [0.15, 0.2) is 0 Å². The van der Waals surface area contributed by atoms with E-state index in [-0.39, 0.29) is 35.2 Å². The van der Waals surface area contributed by atoms with Gasteiger partial charge in [0.05, 0.1) is 33.6 Å². The lowest BCUT2D eigenvalue weighted by molar-refractivity contribution is -0.136. The molecular formula is C21H26BrF3N2O4. The Hall–Kier alpha value is -2.23. The molecule has 0 saturated carbocycles. The number of alkyl halides is 3. The summed E-state index contributed by atoms with van der Waals surface area (Å²) in [4.78, 5) is 16.0. The van der Waals surface area contributed by atoms with E-state index in [1.807, 2.05) is 0 Å². The van der Waals surface area contributed by atoms with Gasteiger partial charge in [0, 0.05) is 6.07 Å². The molecule has 0 aliphatic carbocycles. The SMILES string of the molecule is CC(C)Oc1cc(C(F)(F)F)c2c(OC(C)CNC(=O)OC(C)(C)C)c(Br)ccc2n1. The minimum Gasteiger partial charge on any atom is -0.487 e. The molecule has 0 saturated heterocycles. The first-order valence-electron chi connectivity index (χ1n) is 9.68. The number of fused-ring (bicyclic) bond motifs is 1. The maximum Gasteiger partial charge on any atom is 0.417 e. The van der Waals surface area contributed by atoms with Crippen molar-refractivity contribution in [3.8, 4) is 11.6 Å². The zero-order valence-electron chi connectivity index (χ0n) is 18.2. The van der Waals surface area contributed by atoms with Crippen LogP contribution < -0.4 is 14.8 Å². The van der Waals surface area contributed by atoms with Crippen LogP contribution in [-0.2, 0) is 10.9 Å². The van der Waals surface area contributed by atoms with Gasteiger partial charge in [0.25, 0.3) is 0 Å². The van der Waals surface area contributed by atoms with Crippen LogP contribution in [0.1, 0.15) is 47.1 Å². The van der Waals surface area contributed by atoms with E-state index in [1.54, 1.807) is 47.6 Å². The van der Waals surface area contributed by atoms with Crippen LogP contribution >= 0.6 is 15.9 Å². The Bertz CT molecular complexity index is 943. The van der Waals surface area contributed by atoms with Crippen molar-refractivity contribution in [3.63, 3.8) is 0 Å². The van der Waals surface area contributed by atoms with Crippen molar-refractivity contribution >= 4 is 32.9 Å². The smallest absolute Gasteiger partial charge is 0.417 e. The number of nitrogens with one attached hydrogen (secondary N) is 1. The number of carbonyl (C=O) groups excluding carboxylic acids is 1. The van der Waals surface area contributed by atoms with Gasteiger partial charge in [0.2, 0.25) is 5.88 Å². The number of rotatable bonds is 6. The second-order valence-corrected chi connectivity index (χ2v) is 9.11. The van der Waals surface area contributed by atoms with Crippen LogP contribution in [0.25, 0.3) is 10.9 Å². The largest absolute Gasteiger partial charge is 0.487 e. The van der Waals surface area contributed by atoms with Crippen molar-refractivity contribution in [2.45, 2.75) is 65.5 Å². The minimum atomic E-state index is -4.66. The van der Waals surface area contributed by atoms with E-state index in [1.165, 1.54) is 6.07 Å². The van der Waals surface area contributed by atoms with Crippen LogP contribution in [0.15, 0.2) is 22.7 Å². The molecule has 0 bridgehead atoms. The zero-order valence-corrected chi connectivity index (χ0v) is 19.8. The summed E-state index contributed by atoms with van der Waals surface area (Å²) in [5.74, 6) is -0.144. The Morgan fingerprint density at radius 3 is 2.35 bits per heavy atom. The highest BCUT2D eigenvalue weighted by atomic mass is 79.9. The lowest BCUT2D eigenvalue weighted by atomic mass is 10.1. The fourth-order valence-electron chi connectivity index (χ4n) is 2.67. The number of alkyl carbamates (subject to hydrolysis) is 1. The topological polar surface area (TPSA) is 69.7 Å². The van der Waals surface area contributed by atoms with Crippen molar-refractivity contribution < 1.29 is 32.2 Å². The molecule has 1 aromatic carbocycles. The van der Waals surface area contributed by atoms with Gasteiger partial charge in [-0.1, -0.05) is 0 Å². The van der Waals surface area contributed by atoms with Crippen molar-refractivity contribution in [1.82, 2.24) is 10.3 Å². The number of halogens is 4. The first-order chi connectivity index (χ1) is 14.2. The van der Waals surface area contributed by atoms with Gasteiger partial charge < -0.3 is 19.5 Å². The van der Waals surface area contributed by atoms with E-state index >= 15 is 0 Å². The number of ether oxygens (including phenoxy) is 3. The Kier molecular flexibility index (Phi) is 7.67. The number of aromatic nitrogens is 1. The Morgan fingerprint density at radius 1 is 1.16 bits per heavy atom. The molecule has 0 fully saturated rings. The van der Waals surface area contributed by atoms with Crippen LogP contribution in [0, 0.1) is 0 Å². The zero-order chi connectivity index (χ0) is 23.6. The highest BCUT2D eigenvalue weighted by molar-refractivity contribution is 9.10. The molecule has 6 nitrogen and oxygen atoms in total. The maximum atomic E-state index is 13.9. The summed E-state index contributed by atoms with van der Waals surface area (Å²) in [6, 6.07) is 3.88. The van der Waals surface area contributed by atoms with Crippen LogP contribution in [0.5, 0.6) is 11.6 Å². The van der Waals surface area contributed by atoms with Crippen LogP contribution in [0.3, 0.4) is 0 Å². The number of amides is 1. The number of hydrogen-bond acceptors (Lipinski definition) is 5. The average Bonchev–Trinajstić information content (AvgIpc) is 2.59. The molecule has 1 heterocycles. The third kappa shape index (κ3) is 7.15. The highest BCUT2D eigenvalue weighted by Gasteiger charge is 2.36. The Balaban J connectivity index is 2.38. The number of carbonyl (C=O) groups is 1. The molecule has 1 unspecified atom stereocenters.